The third kappa shape index (κ3) is 3.81. The lowest BCUT2D eigenvalue weighted by molar-refractivity contribution is -0.114. The van der Waals surface area contributed by atoms with E-state index < -0.39 is 0 Å². The van der Waals surface area contributed by atoms with Crippen molar-refractivity contribution in [3.8, 4) is 0 Å². The minimum absolute atomic E-state index is 0.0443. The van der Waals surface area contributed by atoms with Gasteiger partial charge in [0.05, 0.1) is 5.75 Å². The number of hydrogen-bond acceptors (Lipinski definition) is 4. The molecule has 0 aliphatic heterocycles. The molecule has 3 rings (SSSR count). The second-order valence-corrected chi connectivity index (χ2v) is 6.11. The Bertz CT molecular complexity index is 819. The van der Waals surface area contributed by atoms with Gasteiger partial charge in [0.1, 0.15) is 5.58 Å². The Hall–Kier alpha value is -2.53. The van der Waals surface area contributed by atoms with E-state index in [1.54, 1.807) is 6.07 Å². The van der Waals surface area contributed by atoms with E-state index in [9.17, 15) is 9.59 Å². The Labute approximate surface area is 137 Å². The number of thioether (sulfide) groups is 1. The van der Waals surface area contributed by atoms with E-state index in [0.29, 0.717) is 11.5 Å². The van der Waals surface area contributed by atoms with Crippen LogP contribution < -0.4 is 5.32 Å². The molecular weight excluding hydrogens is 310 g/mol. The topological polar surface area (TPSA) is 59.3 Å². The number of ketones is 1. The average molecular weight is 325 g/mol. The van der Waals surface area contributed by atoms with E-state index in [0.717, 1.165) is 21.6 Å². The zero-order valence-electron chi connectivity index (χ0n) is 12.5. The molecule has 4 nitrogen and oxygen atoms in total. The summed E-state index contributed by atoms with van der Waals surface area (Å²) in [6.45, 7) is 1.47. The highest BCUT2D eigenvalue weighted by Gasteiger charge is 2.12. The van der Waals surface area contributed by atoms with Crippen LogP contribution in [0.2, 0.25) is 0 Å². The van der Waals surface area contributed by atoms with E-state index in [-0.39, 0.29) is 11.7 Å². The van der Waals surface area contributed by atoms with Crippen LogP contribution in [0.15, 0.2) is 63.9 Å². The number of anilines is 1. The van der Waals surface area contributed by atoms with Crippen LogP contribution in [0.25, 0.3) is 11.0 Å². The van der Waals surface area contributed by atoms with Crippen molar-refractivity contribution in [2.45, 2.75) is 11.8 Å². The number of benzene rings is 2. The first kappa shape index (κ1) is 15.4. The lowest BCUT2D eigenvalue weighted by Crippen LogP contribution is -2.05. The summed E-state index contributed by atoms with van der Waals surface area (Å²) in [6.07, 6.45) is 0. The van der Waals surface area contributed by atoms with Crippen molar-refractivity contribution in [1.82, 2.24) is 0 Å². The summed E-state index contributed by atoms with van der Waals surface area (Å²) in [4.78, 5) is 24.2. The zero-order valence-corrected chi connectivity index (χ0v) is 13.4. The third-order valence-corrected chi connectivity index (χ3v) is 4.26. The van der Waals surface area contributed by atoms with E-state index >= 15 is 0 Å². The van der Waals surface area contributed by atoms with Crippen LogP contribution in [0.5, 0.6) is 0 Å². The molecule has 0 saturated heterocycles. The second kappa shape index (κ2) is 6.71. The lowest BCUT2D eigenvalue weighted by atomic mass is 10.2. The molecule has 0 fully saturated rings. The Morgan fingerprint density at radius 3 is 2.52 bits per heavy atom. The number of para-hydroxylation sites is 1. The highest BCUT2D eigenvalue weighted by molar-refractivity contribution is 8.00. The molecule has 0 radical (unpaired) electrons. The van der Waals surface area contributed by atoms with Crippen molar-refractivity contribution in [2.24, 2.45) is 0 Å². The van der Waals surface area contributed by atoms with Gasteiger partial charge in [0.15, 0.2) is 5.76 Å². The molecular formula is C18H15NO3S. The monoisotopic (exact) mass is 325 g/mol. The predicted molar refractivity (Wildman–Crippen MR) is 92.0 cm³/mol. The van der Waals surface area contributed by atoms with Crippen LogP contribution in [-0.4, -0.2) is 17.4 Å². The van der Waals surface area contributed by atoms with E-state index in [1.165, 1.54) is 18.7 Å². The SMILES string of the molecule is CC(=O)Nc1ccc(SCC(=O)c2cc3ccccc3o2)cc1. The van der Waals surface area contributed by atoms with Crippen molar-refractivity contribution in [1.29, 1.82) is 0 Å². The quantitative estimate of drug-likeness (QED) is 0.559. The van der Waals surface area contributed by atoms with Gasteiger partial charge in [-0.15, -0.1) is 11.8 Å². The fourth-order valence-corrected chi connectivity index (χ4v) is 2.95. The molecule has 23 heavy (non-hydrogen) atoms. The molecule has 1 amide bonds. The molecule has 1 aromatic heterocycles. The van der Waals surface area contributed by atoms with Crippen LogP contribution in [0.3, 0.4) is 0 Å². The fourth-order valence-electron chi connectivity index (χ4n) is 2.18. The van der Waals surface area contributed by atoms with Crippen molar-refractivity contribution in [2.75, 3.05) is 11.1 Å². The van der Waals surface area contributed by atoms with Gasteiger partial charge in [-0.1, -0.05) is 18.2 Å². The maximum Gasteiger partial charge on any atom is 0.221 e. The molecule has 0 atom stereocenters. The maximum absolute atomic E-state index is 12.2. The smallest absolute Gasteiger partial charge is 0.221 e. The number of carbonyl (C=O) groups is 2. The second-order valence-electron chi connectivity index (χ2n) is 5.07. The highest BCUT2D eigenvalue weighted by atomic mass is 32.2. The van der Waals surface area contributed by atoms with Crippen molar-refractivity contribution in [3.05, 3.63) is 60.4 Å². The molecule has 2 aromatic carbocycles. The summed E-state index contributed by atoms with van der Waals surface area (Å²) in [6, 6.07) is 16.7. The Balaban J connectivity index is 1.63. The zero-order chi connectivity index (χ0) is 16.2. The summed E-state index contributed by atoms with van der Waals surface area (Å²) in [5.41, 5.74) is 1.46. The molecule has 1 heterocycles. The van der Waals surface area contributed by atoms with Gasteiger partial charge in [-0.3, -0.25) is 9.59 Å². The summed E-state index contributed by atoms with van der Waals surface area (Å²) >= 11 is 1.44. The van der Waals surface area contributed by atoms with Crippen LogP contribution in [0.1, 0.15) is 17.5 Å². The van der Waals surface area contributed by atoms with Gasteiger partial charge in [0.25, 0.3) is 0 Å². The number of fused-ring (bicyclic) bond motifs is 1. The van der Waals surface area contributed by atoms with Crippen LogP contribution in [0, 0.1) is 0 Å². The fraction of sp³-hybridized carbons (Fsp3) is 0.111. The van der Waals surface area contributed by atoms with Crippen LogP contribution >= 0.6 is 11.8 Å². The molecule has 0 unspecified atom stereocenters. The number of nitrogens with one attached hydrogen (secondary N) is 1. The van der Waals surface area contributed by atoms with E-state index in [2.05, 4.69) is 5.32 Å². The maximum atomic E-state index is 12.2. The molecule has 0 aliphatic carbocycles. The minimum Gasteiger partial charge on any atom is -0.453 e. The number of hydrogen-bond donors (Lipinski definition) is 1. The van der Waals surface area contributed by atoms with Gasteiger partial charge in [0, 0.05) is 22.9 Å². The Morgan fingerprint density at radius 2 is 1.83 bits per heavy atom. The highest BCUT2D eigenvalue weighted by Crippen LogP contribution is 2.24. The van der Waals surface area contributed by atoms with Gasteiger partial charge < -0.3 is 9.73 Å². The summed E-state index contributed by atoms with van der Waals surface area (Å²) in [7, 11) is 0. The summed E-state index contributed by atoms with van der Waals surface area (Å²) in [5.74, 6) is 0.537. The molecule has 5 heteroatoms. The normalized spacial score (nSPS) is 10.7. The first-order valence-electron chi connectivity index (χ1n) is 7.14. The predicted octanol–water partition coefficient (Wildman–Crippen LogP) is 4.37. The van der Waals surface area contributed by atoms with Gasteiger partial charge >= 0.3 is 0 Å². The van der Waals surface area contributed by atoms with Crippen LogP contribution in [0.4, 0.5) is 5.69 Å². The third-order valence-electron chi connectivity index (χ3n) is 3.24. The standard InChI is InChI=1S/C18H15NO3S/c1-12(20)19-14-6-8-15(9-7-14)23-11-16(21)18-10-13-4-2-3-5-17(13)22-18/h2-10H,11H2,1H3,(H,19,20). The molecule has 116 valence electrons. The minimum atomic E-state index is -0.106. The number of carbonyl (C=O) groups excluding carboxylic acids is 2. The van der Waals surface area contributed by atoms with Gasteiger partial charge in [-0.25, -0.2) is 0 Å². The number of Topliss-reactive ketones (excluding diaryl/α,β-unsaturated/α-hetero) is 1. The molecule has 0 spiro atoms. The summed E-state index contributed by atoms with van der Waals surface area (Å²) < 4.78 is 5.57. The largest absolute Gasteiger partial charge is 0.453 e. The number of furan rings is 1. The van der Waals surface area contributed by atoms with Gasteiger partial charge in [0.2, 0.25) is 11.7 Å². The molecule has 1 N–H and O–H groups in total. The van der Waals surface area contributed by atoms with Crippen LogP contribution in [-0.2, 0) is 4.79 Å². The van der Waals surface area contributed by atoms with Gasteiger partial charge in [-0.2, -0.15) is 0 Å². The van der Waals surface area contributed by atoms with Gasteiger partial charge in [-0.05, 0) is 36.4 Å². The Morgan fingerprint density at radius 1 is 1.09 bits per heavy atom. The summed E-state index contributed by atoms with van der Waals surface area (Å²) in [5, 5.41) is 3.64. The van der Waals surface area contributed by atoms with E-state index in [4.69, 9.17) is 4.42 Å². The van der Waals surface area contributed by atoms with Crippen molar-refractivity contribution < 1.29 is 14.0 Å². The number of rotatable bonds is 5. The molecule has 0 aliphatic rings. The lowest BCUT2D eigenvalue weighted by Gasteiger charge is -2.03. The first-order valence-corrected chi connectivity index (χ1v) is 8.12. The van der Waals surface area contributed by atoms with E-state index in [1.807, 2.05) is 48.5 Å². The average Bonchev–Trinajstić information content (AvgIpc) is 2.97. The first-order chi connectivity index (χ1) is 11.1. The molecule has 3 aromatic rings. The van der Waals surface area contributed by atoms with Crippen molar-refractivity contribution >= 4 is 40.1 Å². The Kier molecular flexibility index (Phi) is 4.48. The molecule has 0 bridgehead atoms. The van der Waals surface area contributed by atoms with Crippen molar-refractivity contribution in [3.63, 3.8) is 0 Å². The number of amides is 1. The molecule has 0 saturated carbocycles.